The number of sulfonamides is 1. The molecule has 0 aliphatic carbocycles. The number of aromatic nitrogens is 1. The average molecular weight is 334 g/mol. The molecule has 2 heterocycles. The molecule has 2 rings (SSSR count). The number of hydrogen-bond donors (Lipinski definition) is 2. The molecule has 1 unspecified atom stereocenters. The summed E-state index contributed by atoms with van der Waals surface area (Å²) in [6.07, 6.45) is 1.23. The van der Waals surface area contributed by atoms with E-state index < -0.39 is 32.3 Å². The molecule has 0 amide bonds. The van der Waals surface area contributed by atoms with Gasteiger partial charge in [0, 0.05) is 12.2 Å². The number of carboxylic acid groups (broad SMARTS) is 1. The molecule has 0 saturated carbocycles. The summed E-state index contributed by atoms with van der Waals surface area (Å²) >= 11 is 0.595. The standard InChI is InChI=1S/C12H18N2O5S2/c1-7-10(20-11(17)13-7)21(18,19)14-6-4-5-12(2,3)8(14)9(15)16/h8H,4-6H2,1-3H3,(H,13,17)(H,15,16). The van der Waals surface area contributed by atoms with E-state index >= 15 is 0 Å². The van der Waals surface area contributed by atoms with Gasteiger partial charge in [-0.2, -0.15) is 4.31 Å². The lowest BCUT2D eigenvalue weighted by Crippen LogP contribution is -2.56. The fraction of sp³-hybridized carbons (Fsp3) is 0.667. The van der Waals surface area contributed by atoms with Crippen LogP contribution in [0, 0.1) is 12.3 Å². The van der Waals surface area contributed by atoms with Crippen molar-refractivity contribution >= 4 is 27.3 Å². The van der Waals surface area contributed by atoms with Gasteiger partial charge in [0.1, 0.15) is 6.04 Å². The molecule has 0 aromatic carbocycles. The van der Waals surface area contributed by atoms with Crippen molar-refractivity contribution in [1.82, 2.24) is 9.29 Å². The van der Waals surface area contributed by atoms with Gasteiger partial charge in [0.15, 0.2) is 4.21 Å². The van der Waals surface area contributed by atoms with E-state index in [1.165, 1.54) is 6.92 Å². The number of H-pyrrole nitrogens is 1. The molecule has 2 N–H and O–H groups in total. The lowest BCUT2D eigenvalue weighted by Gasteiger charge is -2.42. The Balaban J connectivity index is 2.54. The van der Waals surface area contributed by atoms with E-state index in [4.69, 9.17) is 0 Å². The van der Waals surface area contributed by atoms with Crippen molar-refractivity contribution < 1.29 is 18.3 Å². The van der Waals surface area contributed by atoms with E-state index in [2.05, 4.69) is 4.98 Å². The third-order valence-corrected chi connectivity index (χ3v) is 7.23. The molecule has 0 spiro atoms. The lowest BCUT2D eigenvalue weighted by molar-refractivity contribution is -0.147. The third-order valence-electron chi connectivity index (χ3n) is 3.79. The molecule has 1 saturated heterocycles. The largest absolute Gasteiger partial charge is 0.480 e. The Morgan fingerprint density at radius 1 is 1.48 bits per heavy atom. The van der Waals surface area contributed by atoms with Crippen molar-refractivity contribution in [2.75, 3.05) is 6.54 Å². The zero-order valence-corrected chi connectivity index (χ0v) is 13.7. The van der Waals surface area contributed by atoms with Gasteiger partial charge in [0.05, 0.1) is 0 Å². The predicted molar refractivity (Wildman–Crippen MR) is 78.0 cm³/mol. The zero-order valence-electron chi connectivity index (χ0n) is 12.0. The number of rotatable bonds is 3. The van der Waals surface area contributed by atoms with Gasteiger partial charge < -0.3 is 10.1 Å². The maximum absolute atomic E-state index is 12.7. The molecular formula is C12H18N2O5S2. The van der Waals surface area contributed by atoms with Gasteiger partial charge >= 0.3 is 10.8 Å². The Hall–Kier alpha value is -1.19. The molecule has 1 atom stereocenters. The van der Waals surface area contributed by atoms with Crippen LogP contribution in [0.2, 0.25) is 0 Å². The highest BCUT2D eigenvalue weighted by atomic mass is 32.2. The van der Waals surface area contributed by atoms with Gasteiger partial charge in [-0.15, -0.1) is 0 Å². The maximum atomic E-state index is 12.7. The van der Waals surface area contributed by atoms with Crippen molar-refractivity contribution in [1.29, 1.82) is 0 Å². The molecule has 0 radical (unpaired) electrons. The number of aromatic amines is 1. The number of nitrogens with one attached hydrogen (secondary N) is 1. The van der Waals surface area contributed by atoms with E-state index in [-0.39, 0.29) is 16.4 Å². The molecule has 21 heavy (non-hydrogen) atoms. The minimum absolute atomic E-state index is 0.101. The molecular weight excluding hydrogens is 316 g/mol. The Labute approximate surface area is 126 Å². The normalized spacial score (nSPS) is 23.1. The second-order valence-corrected chi connectivity index (χ2v) is 8.94. The number of piperidine rings is 1. The third kappa shape index (κ3) is 2.77. The summed E-state index contributed by atoms with van der Waals surface area (Å²) in [4.78, 5) is 24.9. The highest BCUT2D eigenvalue weighted by molar-refractivity contribution is 7.91. The second kappa shape index (κ2) is 5.22. The van der Waals surface area contributed by atoms with Crippen LogP contribution in [0.15, 0.2) is 9.00 Å². The fourth-order valence-corrected chi connectivity index (χ4v) is 5.99. The molecule has 7 nitrogen and oxygen atoms in total. The van der Waals surface area contributed by atoms with Crippen molar-refractivity contribution in [3.63, 3.8) is 0 Å². The van der Waals surface area contributed by atoms with Crippen LogP contribution >= 0.6 is 11.3 Å². The highest BCUT2D eigenvalue weighted by Crippen LogP contribution is 2.38. The average Bonchev–Trinajstić information content (AvgIpc) is 2.67. The van der Waals surface area contributed by atoms with Crippen molar-refractivity contribution in [3.05, 3.63) is 15.4 Å². The van der Waals surface area contributed by atoms with Crippen LogP contribution in [0.5, 0.6) is 0 Å². The summed E-state index contributed by atoms with van der Waals surface area (Å²) in [5.41, 5.74) is -0.413. The lowest BCUT2D eigenvalue weighted by atomic mass is 9.77. The molecule has 1 fully saturated rings. The minimum Gasteiger partial charge on any atom is -0.480 e. The second-order valence-electron chi connectivity index (χ2n) is 5.88. The van der Waals surface area contributed by atoms with Crippen LogP contribution in [-0.4, -0.2) is 41.4 Å². The quantitative estimate of drug-likeness (QED) is 0.858. The van der Waals surface area contributed by atoms with Gasteiger partial charge in [0.2, 0.25) is 0 Å². The van der Waals surface area contributed by atoms with Crippen LogP contribution < -0.4 is 4.87 Å². The van der Waals surface area contributed by atoms with E-state index in [0.717, 1.165) is 4.31 Å². The smallest absolute Gasteiger partial charge is 0.322 e. The summed E-state index contributed by atoms with van der Waals surface area (Å²) in [5, 5.41) is 9.46. The van der Waals surface area contributed by atoms with Crippen LogP contribution in [0.4, 0.5) is 0 Å². The monoisotopic (exact) mass is 334 g/mol. The first kappa shape index (κ1) is 16.2. The van der Waals surface area contributed by atoms with E-state index in [1.54, 1.807) is 13.8 Å². The van der Waals surface area contributed by atoms with Gasteiger partial charge in [0.25, 0.3) is 10.0 Å². The first-order valence-corrected chi connectivity index (χ1v) is 8.77. The minimum atomic E-state index is -4.00. The highest BCUT2D eigenvalue weighted by Gasteiger charge is 2.48. The summed E-state index contributed by atoms with van der Waals surface area (Å²) in [6, 6.07) is -1.13. The van der Waals surface area contributed by atoms with E-state index in [1.807, 2.05) is 0 Å². The number of carbonyl (C=O) groups is 1. The number of hydrogen-bond acceptors (Lipinski definition) is 5. The Kier molecular flexibility index (Phi) is 4.02. The van der Waals surface area contributed by atoms with Crippen LogP contribution in [0.1, 0.15) is 32.4 Å². The van der Waals surface area contributed by atoms with Crippen molar-refractivity contribution in [2.45, 2.75) is 43.9 Å². The van der Waals surface area contributed by atoms with E-state index in [9.17, 15) is 23.1 Å². The van der Waals surface area contributed by atoms with Crippen LogP contribution in [-0.2, 0) is 14.8 Å². The summed E-state index contributed by atoms with van der Waals surface area (Å²) in [5.74, 6) is -1.16. The van der Waals surface area contributed by atoms with E-state index in [0.29, 0.717) is 24.2 Å². The summed E-state index contributed by atoms with van der Waals surface area (Å²) in [6.45, 7) is 5.14. The first-order chi connectivity index (χ1) is 9.57. The molecule has 0 bridgehead atoms. The van der Waals surface area contributed by atoms with Gasteiger partial charge in [-0.05, 0) is 25.2 Å². The number of nitrogens with zero attached hydrogens (tertiary/aromatic N) is 1. The predicted octanol–water partition coefficient (Wildman–Crippen LogP) is 1.01. The molecule has 1 aliphatic heterocycles. The molecule has 1 aromatic heterocycles. The van der Waals surface area contributed by atoms with Gasteiger partial charge in [-0.25, -0.2) is 8.42 Å². The van der Waals surface area contributed by atoms with Crippen molar-refractivity contribution in [2.24, 2.45) is 5.41 Å². The Morgan fingerprint density at radius 3 is 2.57 bits per heavy atom. The number of aliphatic carboxylic acids is 1. The number of aryl methyl sites for hydroxylation is 1. The molecule has 1 aromatic rings. The molecule has 9 heteroatoms. The number of carboxylic acids is 1. The molecule has 118 valence electrons. The maximum Gasteiger partial charge on any atom is 0.322 e. The summed E-state index contributed by atoms with van der Waals surface area (Å²) < 4.78 is 26.4. The fourth-order valence-electron chi connectivity index (χ4n) is 2.81. The zero-order chi connectivity index (χ0) is 16.0. The van der Waals surface area contributed by atoms with Crippen molar-refractivity contribution in [3.8, 4) is 0 Å². The Morgan fingerprint density at radius 2 is 2.10 bits per heavy atom. The van der Waals surface area contributed by atoms with Gasteiger partial charge in [-0.3, -0.25) is 9.59 Å². The SMILES string of the molecule is Cc1[nH]c(=O)sc1S(=O)(=O)N1CCCC(C)(C)C1C(=O)O. The topological polar surface area (TPSA) is 108 Å². The first-order valence-electron chi connectivity index (χ1n) is 6.52. The van der Waals surface area contributed by atoms with Crippen LogP contribution in [0.3, 0.4) is 0 Å². The van der Waals surface area contributed by atoms with Crippen LogP contribution in [0.25, 0.3) is 0 Å². The Bertz CT molecular complexity index is 716. The van der Waals surface area contributed by atoms with Gasteiger partial charge in [-0.1, -0.05) is 25.2 Å². The summed E-state index contributed by atoms with van der Waals surface area (Å²) in [7, 11) is -4.00. The molecule has 1 aliphatic rings. The number of thiazole rings is 1.